The molecular formula is C14H13BrN2O2. The van der Waals surface area contributed by atoms with Gasteiger partial charge in [-0.25, -0.2) is 5.84 Å². The summed E-state index contributed by atoms with van der Waals surface area (Å²) in [4.78, 5) is 11.6. The van der Waals surface area contributed by atoms with Gasteiger partial charge in [0.1, 0.15) is 12.4 Å². The van der Waals surface area contributed by atoms with Gasteiger partial charge in [-0.05, 0) is 30.3 Å². The summed E-state index contributed by atoms with van der Waals surface area (Å²) in [5, 5.41) is 0. The highest BCUT2D eigenvalue weighted by Crippen LogP contribution is 2.18. The summed E-state index contributed by atoms with van der Waals surface area (Å²) in [6, 6.07) is 14.7. The Bertz CT molecular complexity index is 570. The molecule has 0 atom stereocenters. The molecule has 0 aromatic heterocycles. The number of amides is 1. The highest BCUT2D eigenvalue weighted by Gasteiger charge is 2.09. The first kappa shape index (κ1) is 13.6. The fraction of sp³-hybridized carbons (Fsp3) is 0.0714. The zero-order valence-electron chi connectivity index (χ0n) is 10.1. The smallest absolute Gasteiger partial charge is 0.265 e. The van der Waals surface area contributed by atoms with Crippen LogP contribution >= 0.6 is 15.9 Å². The molecule has 0 bridgehead atoms. The van der Waals surface area contributed by atoms with Crippen LogP contribution in [0.5, 0.6) is 5.75 Å². The predicted molar refractivity (Wildman–Crippen MR) is 76.6 cm³/mol. The molecule has 2 aromatic rings. The third-order valence-corrected chi connectivity index (χ3v) is 3.13. The lowest BCUT2D eigenvalue weighted by Crippen LogP contribution is -2.30. The van der Waals surface area contributed by atoms with E-state index in [1.165, 1.54) is 0 Å². The van der Waals surface area contributed by atoms with Crippen LogP contribution in [0.1, 0.15) is 15.9 Å². The largest absolute Gasteiger partial charge is 0.489 e. The summed E-state index contributed by atoms with van der Waals surface area (Å²) in [7, 11) is 0. The standard InChI is InChI=1S/C14H13BrN2O2/c15-11-5-7-12(8-6-11)19-9-10-3-1-2-4-13(10)14(18)17-16/h1-8H,9,16H2,(H,17,18). The number of rotatable bonds is 4. The molecule has 5 heteroatoms. The third kappa shape index (κ3) is 3.56. The number of nitrogens with one attached hydrogen (secondary N) is 1. The number of hydrogen-bond donors (Lipinski definition) is 2. The molecule has 0 heterocycles. The molecule has 1 amide bonds. The van der Waals surface area contributed by atoms with E-state index in [0.29, 0.717) is 12.2 Å². The van der Waals surface area contributed by atoms with Crippen LogP contribution in [0, 0.1) is 0 Å². The zero-order valence-corrected chi connectivity index (χ0v) is 11.7. The van der Waals surface area contributed by atoms with E-state index in [0.717, 1.165) is 15.8 Å². The molecule has 19 heavy (non-hydrogen) atoms. The summed E-state index contributed by atoms with van der Waals surface area (Å²) < 4.78 is 6.63. The molecule has 2 aromatic carbocycles. The van der Waals surface area contributed by atoms with Gasteiger partial charge in [0, 0.05) is 15.6 Å². The second-order valence-electron chi connectivity index (χ2n) is 3.87. The minimum atomic E-state index is -0.324. The van der Waals surface area contributed by atoms with Crippen molar-refractivity contribution >= 4 is 21.8 Å². The van der Waals surface area contributed by atoms with Gasteiger partial charge >= 0.3 is 0 Å². The van der Waals surface area contributed by atoms with E-state index in [1.807, 2.05) is 36.4 Å². The van der Waals surface area contributed by atoms with Crippen molar-refractivity contribution in [3.05, 3.63) is 64.1 Å². The van der Waals surface area contributed by atoms with Crippen LogP contribution in [0.3, 0.4) is 0 Å². The molecule has 0 saturated heterocycles. The number of hydrogen-bond acceptors (Lipinski definition) is 3. The van der Waals surface area contributed by atoms with E-state index in [9.17, 15) is 4.79 Å². The Morgan fingerprint density at radius 2 is 1.84 bits per heavy atom. The Kier molecular flexibility index (Phi) is 4.54. The number of carbonyl (C=O) groups excluding carboxylic acids is 1. The number of nitrogen functional groups attached to an aromatic ring is 1. The first-order valence-corrected chi connectivity index (χ1v) is 6.47. The van der Waals surface area contributed by atoms with Crippen molar-refractivity contribution in [3.8, 4) is 5.75 Å². The van der Waals surface area contributed by atoms with Crippen LogP contribution < -0.4 is 16.0 Å². The molecule has 0 fully saturated rings. The Labute approximate surface area is 119 Å². The minimum absolute atomic E-state index is 0.311. The van der Waals surface area contributed by atoms with Gasteiger partial charge in [-0.3, -0.25) is 10.2 Å². The van der Waals surface area contributed by atoms with Gasteiger partial charge in [0.05, 0.1) is 0 Å². The first-order chi connectivity index (χ1) is 9.20. The van der Waals surface area contributed by atoms with Gasteiger partial charge < -0.3 is 4.74 Å². The summed E-state index contributed by atoms with van der Waals surface area (Å²) >= 11 is 3.36. The van der Waals surface area contributed by atoms with Crippen molar-refractivity contribution in [2.24, 2.45) is 5.84 Å². The monoisotopic (exact) mass is 320 g/mol. The van der Waals surface area contributed by atoms with E-state index in [1.54, 1.807) is 12.1 Å². The van der Waals surface area contributed by atoms with Crippen molar-refractivity contribution in [1.82, 2.24) is 5.43 Å². The lowest BCUT2D eigenvalue weighted by atomic mass is 10.1. The Morgan fingerprint density at radius 1 is 1.16 bits per heavy atom. The molecule has 98 valence electrons. The van der Waals surface area contributed by atoms with E-state index < -0.39 is 0 Å². The number of halogens is 1. The third-order valence-electron chi connectivity index (χ3n) is 2.60. The maximum Gasteiger partial charge on any atom is 0.265 e. The van der Waals surface area contributed by atoms with Crippen molar-refractivity contribution in [3.63, 3.8) is 0 Å². The SMILES string of the molecule is NNC(=O)c1ccccc1COc1ccc(Br)cc1. The second-order valence-corrected chi connectivity index (χ2v) is 4.79. The molecular weight excluding hydrogens is 308 g/mol. The van der Waals surface area contributed by atoms with Crippen molar-refractivity contribution in [1.29, 1.82) is 0 Å². The fourth-order valence-electron chi connectivity index (χ4n) is 1.64. The zero-order chi connectivity index (χ0) is 13.7. The number of benzene rings is 2. The first-order valence-electron chi connectivity index (χ1n) is 5.68. The number of hydrazine groups is 1. The molecule has 0 unspecified atom stereocenters. The summed E-state index contributed by atoms with van der Waals surface area (Å²) in [6.07, 6.45) is 0. The summed E-state index contributed by atoms with van der Waals surface area (Å²) in [5.41, 5.74) is 3.43. The van der Waals surface area contributed by atoms with E-state index >= 15 is 0 Å². The predicted octanol–water partition coefficient (Wildman–Crippen LogP) is 2.63. The summed E-state index contributed by atoms with van der Waals surface area (Å²) in [5.74, 6) is 5.57. The number of carbonyl (C=O) groups is 1. The molecule has 2 rings (SSSR count). The van der Waals surface area contributed by atoms with Gasteiger partial charge in [-0.1, -0.05) is 34.1 Å². The highest BCUT2D eigenvalue weighted by atomic mass is 79.9. The average molecular weight is 321 g/mol. The normalized spacial score (nSPS) is 10.0. The molecule has 0 aliphatic rings. The Balaban J connectivity index is 2.11. The van der Waals surface area contributed by atoms with Crippen molar-refractivity contribution < 1.29 is 9.53 Å². The average Bonchev–Trinajstić information content (AvgIpc) is 2.46. The molecule has 4 nitrogen and oxygen atoms in total. The van der Waals surface area contributed by atoms with Crippen molar-refractivity contribution in [2.45, 2.75) is 6.61 Å². The van der Waals surface area contributed by atoms with Crippen LogP contribution in [0.15, 0.2) is 53.0 Å². The minimum Gasteiger partial charge on any atom is -0.489 e. The van der Waals surface area contributed by atoms with Crippen LogP contribution in [0.4, 0.5) is 0 Å². The topological polar surface area (TPSA) is 64.3 Å². The Morgan fingerprint density at radius 3 is 2.53 bits per heavy atom. The van der Waals surface area contributed by atoms with E-state index in [4.69, 9.17) is 10.6 Å². The second kappa shape index (κ2) is 6.36. The maximum absolute atomic E-state index is 11.6. The van der Waals surface area contributed by atoms with Gasteiger partial charge in [-0.2, -0.15) is 0 Å². The van der Waals surface area contributed by atoms with E-state index in [2.05, 4.69) is 21.4 Å². The van der Waals surface area contributed by atoms with Crippen LogP contribution in [-0.2, 0) is 6.61 Å². The van der Waals surface area contributed by atoms with Crippen LogP contribution in [0.25, 0.3) is 0 Å². The fourth-order valence-corrected chi connectivity index (χ4v) is 1.90. The Hall–Kier alpha value is -1.85. The van der Waals surface area contributed by atoms with Crippen LogP contribution in [0.2, 0.25) is 0 Å². The van der Waals surface area contributed by atoms with Gasteiger partial charge in [0.15, 0.2) is 0 Å². The molecule has 3 N–H and O–H groups in total. The lowest BCUT2D eigenvalue weighted by molar-refractivity contribution is 0.0951. The highest BCUT2D eigenvalue weighted by molar-refractivity contribution is 9.10. The van der Waals surface area contributed by atoms with E-state index in [-0.39, 0.29) is 5.91 Å². The number of nitrogens with two attached hydrogens (primary N) is 1. The molecule has 0 aliphatic carbocycles. The van der Waals surface area contributed by atoms with Gasteiger partial charge in [0.25, 0.3) is 5.91 Å². The molecule has 0 radical (unpaired) electrons. The molecule has 0 aliphatic heterocycles. The van der Waals surface area contributed by atoms with Gasteiger partial charge in [0.2, 0.25) is 0 Å². The lowest BCUT2D eigenvalue weighted by Gasteiger charge is -2.10. The maximum atomic E-state index is 11.6. The molecule has 0 saturated carbocycles. The van der Waals surface area contributed by atoms with Crippen LogP contribution in [-0.4, -0.2) is 5.91 Å². The summed E-state index contributed by atoms with van der Waals surface area (Å²) in [6.45, 7) is 0.311. The quantitative estimate of drug-likeness (QED) is 0.517. The molecule has 0 spiro atoms. The van der Waals surface area contributed by atoms with Gasteiger partial charge in [-0.15, -0.1) is 0 Å². The number of ether oxygens (including phenoxy) is 1. The van der Waals surface area contributed by atoms with Crippen molar-refractivity contribution in [2.75, 3.05) is 0 Å².